The number of para-hydroxylation sites is 2. The summed E-state index contributed by atoms with van der Waals surface area (Å²) in [5, 5.41) is 0.484. The molecule has 0 bridgehead atoms. The molecule has 0 radical (unpaired) electrons. The maximum absolute atomic E-state index is 13.9. The Kier molecular flexibility index (Phi) is 6.59. The van der Waals surface area contributed by atoms with Crippen LogP contribution in [-0.2, 0) is 6.54 Å². The predicted molar refractivity (Wildman–Crippen MR) is 143 cm³/mol. The second-order valence-corrected chi connectivity index (χ2v) is 8.99. The molecule has 3 heterocycles. The number of fused-ring (bicyclic) bond motifs is 4. The number of aryl methyl sites for hydroxylation is 1. The van der Waals surface area contributed by atoms with E-state index >= 15 is 0 Å². The first kappa shape index (κ1) is 23.8. The van der Waals surface area contributed by atoms with Gasteiger partial charge in [-0.15, -0.1) is 0 Å². The minimum atomic E-state index is -0.0817. The van der Waals surface area contributed by atoms with Crippen molar-refractivity contribution in [2.24, 2.45) is 0 Å². The molecule has 0 unspecified atom stereocenters. The standard InChI is InChI=1S/C28H31N5O3/c1-5-6-7-8-11-16-32-18(2)29-26-24(28(32)34)25-27(31-21-13-10-9-12-20(21)30-25)33(26)19-14-15-22(35-3)23(17-19)36-4/h9-10,12-15,17H,5-8,11,16H2,1-4H3. The number of aromatic nitrogens is 5. The van der Waals surface area contributed by atoms with Crippen molar-refractivity contribution in [1.82, 2.24) is 24.1 Å². The Balaban J connectivity index is 1.77. The molecule has 0 fully saturated rings. The second-order valence-electron chi connectivity index (χ2n) is 8.99. The van der Waals surface area contributed by atoms with Crippen molar-refractivity contribution in [1.29, 1.82) is 0 Å². The smallest absolute Gasteiger partial charge is 0.265 e. The van der Waals surface area contributed by atoms with Gasteiger partial charge in [-0.05, 0) is 37.6 Å². The molecule has 5 aromatic rings. The lowest BCUT2D eigenvalue weighted by Crippen LogP contribution is -2.24. The average molecular weight is 486 g/mol. The quantitative estimate of drug-likeness (QED) is 0.254. The largest absolute Gasteiger partial charge is 0.493 e. The van der Waals surface area contributed by atoms with Crippen LogP contribution in [0, 0.1) is 6.92 Å². The highest BCUT2D eigenvalue weighted by atomic mass is 16.5. The molecule has 0 spiro atoms. The Bertz CT molecular complexity index is 1620. The van der Waals surface area contributed by atoms with Crippen molar-refractivity contribution in [3.8, 4) is 17.2 Å². The third-order valence-electron chi connectivity index (χ3n) is 6.66. The maximum Gasteiger partial charge on any atom is 0.265 e. The summed E-state index contributed by atoms with van der Waals surface area (Å²) in [6.45, 7) is 4.73. The molecule has 3 aromatic heterocycles. The van der Waals surface area contributed by atoms with Crippen LogP contribution in [0.2, 0.25) is 0 Å². The Labute approximate surface area is 209 Å². The van der Waals surface area contributed by atoms with E-state index in [1.807, 2.05) is 54.0 Å². The predicted octanol–water partition coefficient (Wildman–Crippen LogP) is 5.58. The lowest BCUT2D eigenvalue weighted by Gasteiger charge is -2.13. The van der Waals surface area contributed by atoms with Crippen LogP contribution in [0.4, 0.5) is 0 Å². The molecule has 0 saturated carbocycles. The highest BCUT2D eigenvalue weighted by Crippen LogP contribution is 2.33. The van der Waals surface area contributed by atoms with Gasteiger partial charge in [-0.3, -0.25) is 13.9 Å². The van der Waals surface area contributed by atoms with Crippen LogP contribution in [0.25, 0.3) is 38.9 Å². The number of rotatable bonds is 9. The van der Waals surface area contributed by atoms with Gasteiger partial charge in [0.25, 0.3) is 5.56 Å². The number of nitrogens with zero attached hydrogens (tertiary/aromatic N) is 5. The van der Waals surface area contributed by atoms with Gasteiger partial charge in [-0.1, -0.05) is 44.7 Å². The summed E-state index contributed by atoms with van der Waals surface area (Å²) >= 11 is 0. The van der Waals surface area contributed by atoms with E-state index in [-0.39, 0.29) is 5.56 Å². The molecule has 0 saturated heterocycles. The number of benzene rings is 2. The second kappa shape index (κ2) is 9.97. The Hall–Kier alpha value is -3.94. The molecule has 186 valence electrons. The van der Waals surface area contributed by atoms with Crippen molar-refractivity contribution in [2.75, 3.05) is 14.2 Å². The summed E-state index contributed by atoms with van der Waals surface area (Å²) in [6, 6.07) is 13.3. The van der Waals surface area contributed by atoms with E-state index in [1.165, 1.54) is 19.3 Å². The molecular weight excluding hydrogens is 454 g/mol. The SMILES string of the molecule is CCCCCCCn1c(C)nc2c(c1=O)c1nc3ccccc3nc1n2-c1ccc(OC)c(OC)c1. The summed E-state index contributed by atoms with van der Waals surface area (Å²) in [7, 11) is 3.20. The van der Waals surface area contributed by atoms with Crippen LogP contribution in [0.3, 0.4) is 0 Å². The van der Waals surface area contributed by atoms with Gasteiger partial charge in [-0.25, -0.2) is 15.0 Å². The van der Waals surface area contributed by atoms with Gasteiger partial charge in [0.1, 0.15) is 16.7 Å². The number of ether oxygens (including phenoxy) is 2. The normalized spacial score (nSPS) is 11.6. The first-order valence-electron chi connectivity index (χ1n) is 12.5. The van der Waals surface area contributed by atoms with Gasteiger partial charge >= 0.3 is 0 Å². The number of hydrogen-bond donors (Lipinski definition) is 0. The zero-order valence-electron chi connectivity index (χ0n) is 21.2. The van der Waals surface area contributed by atoms with Crippen molar-refractivity contribution in [2.45, 2.75) is 52.5 Å². The summed E-state index contributed by atoms with van der Waals surface area (Å²) in [6.07, 6.45) is 5.61. The van der Waals surface area contributed by atoms with E-state index in [0.717, 1.165) is 29.6 Å². The molecule has 0 aliphatic rings. The van der Waals surface area contributed by atoms with Crippen LogP contribution < -0.4 is 15.0 Å². The Morgan fingerprint density at radius 1 is 0.833 bits per heavy atom. The van der Waals surface area contributed by atoms with Crippen LogP contribution >= 0.6 is 0 Å². The molecule has 8 heteroatoms. The summed E-state index contributed by atoms with van der Waals surface area (Å²) < 4.78 is 14.6. The van der Waals surface area contributed by atoms with Gasteiger partial charge in [0, 0.05) is 12.6 Å². The number of methoxy groups -OCH3 is 2. The average Bonchev–Trinajstić information content (AvgIpc) is 3.21. The Morgan fingerprint density at radius 2 is 1.56 bits per heavy atom. The van der Waals surface area contributed by atoms with Crippen LogP contribution in [0.1, 0.15) is 44.9 Å². The van der Waals surface area contributed by atoms with E-state index in [9.17, 15) is 4.79 Å². The van der Waals surface area contributed by atoms with Crippen molar-refractivity contribution >= 4 is 33.2 Å². The van der Waals surface area contributed by atoms with E-state index in [0.29, 0.717) is 46.1 Å². The van der Waals surface area contributed by atoms with Crippen molar-refractivity contribution < 1.29 is 9.47 Å². The van der Waals surface area contributed by atoms with E-state index in [4.69, 9.17) is 24.4 Å². The molecule has 0 amide bonds. The highest BCUT2D eigenvalue weighted by molar-refractivity contribution is 6.05. The van der Waals surface area contributed by atoms with Crippen LogP contribution in [0.5, 0.6) is 11.5 Å². The topological polar surface area (TPSA) is 84.1 Å². The third-order valence-corrected chi connectivity index (χ3v) is 6.66. The van der Waals surface area contributed by atoms with Crippen molar-refractivity contribution in [3.63, 3.8) is 0 Å². The number of unbranched alkanes of at least 4 members (excludes halogenated alkanes) is 4. The first-order chi connectivity index (χ1) is 17.6. The monoisotopic (exact) mass is 485 g/mol. The van der Waals surface area contributed by atoms with Crippen LogP contribution in [0.15, 0.2) is 47.3 Å². The fourth-order valence-electron chi connectivity index (χ4n) is 4.78. The minimum Gasteiger partial charge on any atom is -0.493 e. The van der Waals surface area contributed by atoms with Crippen molar-refractivity contribution in [3.05, 3.63) is 58.6 Å². The van der Waals surface area contributed by atoms with Gasteiger partial charge in [-0.2, -0.15) is 0 Å². The zero-order chi connectivity index (χ0) is 25.2. The van der Waals surface area contributed by atoms with E-state index < -0.39 is 0 Å². The van der Waals surface area contributed by atoms with E-state index in [2.05, 4.69) is 6.92 Å². The fourth-order valence-corrected chi connectivity index (χ4v) is 4.78. The number of hydrogen-bond acceptors (Lipinski definition) is 6. The van der Waals surface area contributed by atoms with E-state index in [1.54, 1.807) is 18.8 Å². The lowest BCUT2D eigenvalue weighted by atomic mass is 10.1. The molecular formula is C28H31N5O3. The van der Waals surface area contributed by atoms with Gasteiger partial charge in [0.15, 0.2) is 22.8 Å². The van der Waals surface area contributed by atoms with Gasteiger partial charge in [0.2, 0.25) is 0 Å². The Morgan fingerprint density at radius 3 is 2.28 bits per heavy atom. The highest BCUT2D eigenvalue weighted by Gasteiger charge is 2.22. The molecule has 36 heavy (non-hydrogen) atoms. The molecule has 0 atom stereocenters. The molecule has 0 aliphatic heterocycles. The molecule has 0 aliphatic carbocycles. The zero-order valence-corrected chi connectivity index (χ0v) is 21.2. The summed E-state index contributed by atoms with van der Waals surface area (Å²) in [5.74, 6) is 1.88. The summed E-state index contributed by atoms with van der Waals surface area (Å²) in [5.41, 5.74) is 3.85. The first-order valence-corrected chi connectivity index (χ1v) is 12.5. The fraction of sp³-hybridized carbons (Fsp3) is 0.357. The van der Waals surface area contributed by atoms with Crippen LogP contribution in [-0.4, -0.2) is 38.3 Å². The molecule has 8 nitrogen and oxygen atoms in total. The molecule has 2 aromatic carbocycles. The van der Waals surface area contributed by atoms with Gasteiger partial charge < -0.3 is 9.47 Å². The lowest BCUT2D eigenvalue weighted by molar-refractivity contribution is 0.355. The molecule has 0 N–H and O–H groups in total. The maximum atomic E-state index is 13.9. The minimum absolute atomic E-state index is 0.0817. The molecule has 5 rings (SSSR count). The third kappa shape index (κ3) is 4.06. The van der Waals surface area contributed by atoms with Gasteiger partial charge in [0.05, 0.1) is 30.9 Å². The summed E-state index contributed by atoms with van der Waals surface area (Å²) in [4.78, 5) is 28.6.